The SMILES string of the molecule is CC[Si]1(CC)CCCCO1.N.N. The molecule has 1 rings (SSSR count). The first-order chi connectivity index (χ1) is 4.83. The molecule has 3 nitrogen and oxygen atoms in total. The van der Waals surface area contributed by atoms with E-state index in [0.717, 1.165) is 6.61 Å². The van der Waals surface area contributed by atoms with Crippen molar-refractivity contribution in [1.29, 1.82) is 0 Å². The average molecular weight is 192 g/mol. The summed E-state index contributed by atoms with van der Waals surface area (Å²) < 4.78 is 5.90. The van der Waals surface area contributed by atoms with Gasteiger partial charge >= 0.3 is 0 Å². The van der Waals surface area contributed by atoms with Crippen molar-refractivity contribution in [3.63, 3.8) is 0 Å². The van der Waals surface area contributed by atoms with Gasteiger partial charge in [0, 0.05) is 6.61 Å². The minimum absolute atomic E-state index is 0. The topological polar surface area (TPSA) is 79.2 Å². The average Bonchev–Trinajstić information content (AvgIpc) is 2.06. The third-order valence-electron chi connectivity index (χ3n) is 2.72. The van der Waals surface area contributed by atoms with Gasteiger partial charge in [0.2, 0.25) is 0 Å². The standard InChI is InChI=1S/C8H18OSi.2H3N/c1-3-10(4-2)8-6-5-7-9-10;;/h3-8H2,1-2H3;2*1H3. The van der Waals surface area contributed by atoms with Crippen LogP contribution < -0.4 is 12.3 Å². The van der Waals surface area contributed by atoms with Gasteiger partial charge in [0.25, 0.3) is 0 Å². The van der Waals surface area contributed by atoms with Gasteiger partial charge < -0.3 is 16.7 Å². The minimum atomic E-state index is -1.13. The van der Waals surface area contributed by atoms with E-state index < -0.39 is 8.32 Å². The maximum Gasteiger partial charge on any atom is 0.192 e. The van der Waals surface area contributed by atoms with E-state index in [1.165, 1.54) is 31.0 Å². The van der Waals surface area contributed by atoms with Crippen LogP contribution in [0.2, 0.25) is 18.1 Å². The van der Waals surface area contributed by atoms with Crippen LogP contribution in [0.5, 0.6) is 0 Å². The van der Waals surface area contributed by atoms with Crippen LogP contribution in [-0.4, -0.2) is 14.9 Å². The zero-order valence-electron chi connectivity index (χ0n) is 8.57. The second-order valence-corrected chi connectivity index (χ2v) is 7.76. The summed E-state index contributed by atoms with van der Waals surface area (Å²) in [7, 11) is -1.13. The molecule has 0 aromatic carbocycles. The molecule has 1 heterocycles. The first-order valence-corrected chi connectivity index (χ1v) is 7.00. The Balaban J connectivity index is 0. The molecule has 0 spiro atoms. The molecule has 0 aliphatic carbocycles. The molecule has 0 saturated carbocycles. The van der Waals surface area contributed by atoms with E-state index in [1.54, 1.807) is 0 Å². The Bertz CT molecular complexity index is 99.2. The van der Waals surface area contributed by atoms with Gasteiger partial charge in [-0.1, -0.05) is 20.3 Å². The van der Waals surface area contributed by atoms with Crippen molar-refractivity contribution >= 4 is 8.32 Å². The van der Waals surface area contributed by atoms with Crippen molar-refractivity contribution in [2.45, 2.75) is 44.8 Å². The van der Waals surface area contributed by atoms with Gasteiger partial charge in [-0.2, -0.15) is 0 Å². The van der Waals surface area contributed by atoms with Crippen LogP contribution in [0.15, 0.2) is 0 Å². The molecule has 12 heavy (non-hydrogen) atoms. The monoisotopic (exact) mass is 192 g/mol. The van der Waals surface area contributed by atoms with E-state index in [0.29, 0.717) is 0 Å². The van der Waals surface area contributed by atoms with Crippen LogP contribution in [-0.2, 0) is 4.43 Å². The van der Waals surface area contributed by atoms with Gasteiger partial charge in [-0.3, -0.25) is 0 Å². The number of hydrogen-bond donors (Lipinski definition) is 2. The first-order valence-electron chi connectivity index (χ1n) is 4.47. The molecule has 1 aliphatic rings. The lowest BCUT2D eigenvalue weighted by Crippen LogP contribution is -2.39. The van der Waals surface area contributed by atoms with E-state index in [-0.39, 0.29) is 12.3 Å². The van der Waals surface area contributed by atoms with Crippen LogP contribution in [0, 0.1) is 0 Å². The number of rotatable bonds is 2. The fourth-order valence-corrected chi connectivity index (χ4v) is 4.95. The van der Waals surface area contributed by atoms with Crippen molar-refractivity contribution in [1.82, 2.24) is 12.3 Å². The van der Waals surface area contributed by atoms with Gasteiger partial charge in [-0.25, -0.2) is 0 Å². The molecule has 4 heteroatoms. The molecule has 0 atom stereocenters. The highest BCUT2D eigenvalue weighted by Gasteiger charge is 2.32. The lowest BCUT2D eigenvalue weighted by atomic mass is 10.4. The Kier molecular flexibility index (Phi) is 8.03. The van der Waals surface area contributed by atoms with Crippen molar-refractivity contribution in [3.8, 4) is 0 Å². The van der Waals surface area contributed by atoms with Gasteiger partial charge in [0.15, 0.2) is 8.32 Å². The van der Waals surface area contributed by atoms with E-state index in [1.807, 2.05) is 0 Å². The first kappa shape index (κ1) is 14.6. The highest BCUT2D eigenvalue weighted by atomic mass is 28.4. The van der Waals surface area contributed by atoms with Crippen molar-refractivity contribution < 1.29 is 4.43 Å². The van der Waals surface area contributed by atoms with Crippen LogP contribution in [0.3, 0.4) is 0 Å². The molecule has 1 saturated heterocycles. The summed E-state index contributed by atoms with van der Waals surface area (Å²) in [6, 6.07) is 4.06. The summed E-state index contributed by atoms with van der Waals surface area (Å²) in [5.74, 6) is 0. The second-order valence-electron chi connectivity index (χ2n) is 3.20. The predicted octanol–water partition coefficient (Wildman–Crippen LogP) is 3.11. The molecular weight excluding hydrogens is 168 g/mol. The quantitative estimate of drug-likeness (QED) is 0.660. The third kappa shape index (κ3) is 3.22. The van der Waals surface area contributed by atoms with Crippen LogP contribution in [0.25, 0.3) is 0 Å². The van der Waals surface area contributed by atoms with Gasteiger partial charge in [0.1, 0.15) is 0 Å². The van der Waals surface area contributed by atoms with E-state index in [9.17, 15) is 0 Å². The van der Waals surface area contributed by atoms with Crippen molar-refractivity contribution in [3.05, 3.63) is 0 Å². The lowest BCUT2D eigenvalue weighted by Gasteiger charge is -2.33. The van der Waals surface area contributed by atoms with E-state index >= 15 is 0 Å². The maximum atomic E-state index is 5.90. The largest absolute Gasteiger partial charge is 0.417 e. The Morgan fingerprint density at radius 2 is 1.67 bits per heavy atom. The summed E-state index contributed by atoms with van der Waals surface area (Å²) in [6.45, 7) is 5.63. The van der Waals surface area contributed by atoms with Crippen LogP contribution in [0.4, 0.5) is 0 Å². The summed E-state index contributed by atoms with van der Waals surface area (Å²) in [5, 5.41) is 0. The lowest BCUT2D eigenvalue weighted by molar-refractivity contribution is 0.267. The Labute approximate surface area is 77.2 Å². The fraction of sp³-hybridized carbons (Fsp3) is 1.00. The molecule has 0 aromatic rings. The summed E-state index contributed by atoms with van der Waals surface area (Å²) >= 11 is 0. The zero-order chi connectivity index (χ0) is 7.45. The highest BCUT2D eigenvalue weighted by Crippen LogP contribution is 2.28. The van der Waals surface area contributed by atoms with Crippen LogP contribution >= 0.6 is 0 Å². The second kappa shape index (κ2) is 6.60. The van der Waals surface area contributed by atoms with Crippen LogP contribution in [0.1, 0.15) is 26.7 Å². The molecule has 1 aliphatic heterocycles. The summed E-state index contributed by atoms with van der Waals surface area (Å²) in [4.78, 5) is 0. The number of hydrogen-bond acceptors (Lipinski definition) is 3. The van der Waals surface area contributed by atoms with Gasteiger partial charge in [0.05, 0.1) is 0 Å². The van der Waals surface area contributed by atoms with Gasteiger partial charge in [-0.15, -0.1) is 0 Å². The zero-order valence-corrected chi connectivity index (χ0v) is 9.57. The minimum Gasteiger partial charge on any atom is -0.417 e. The molecule has 0 radical (unpaired) electrons. The van der Waals surface area contributed by atoms with Gasteiger partial charge in [-0.05, 0) is 24.6 Å². The molecule has 6 N–H and O–H groups in total. The molecular formula is C8H24N2OSi. The summed E-state index contributed by atoms with van der Waals surface area (Å²) in [5.41, 5.74) is 0. The summed E-state index contributed by atoms with van der Waals surface area (Å²) in [6.07, 6.45) is 2.72. The molecule has 0 aromatic heterocycles. The van der Waals surface area contributed by atoms with Crippen molar-refractivity contribution in [2.24, 2.45) is 0 Å². The smallest absolute Gasteiger partial charge is 0.192 e. The Morgan fingerprint density at radius 3 is 1.92 bits per heavy atom. The third-order valence-corrected chi connectivity index (χ3v) is 7.38. The fourth-order valence-electron chi connectivity index (χ4n) is 1.72. The highest BCUT2D eigenvalue weighted by molar-refractivity contribution is 6.73. The van der Waals surface area contributed by atoms with Crippen molar-refractivity contribution in [2.75, 3.05) is 6.61 Å². The predicted molar refractivity (Wildman–Crippen MR) is 56.8 cm³/mol. The van der Waals surface area contributed by atoms with E-state index in [4.69, 9.17) is 4.43 Å². The molecule has 0 amide bonds. The molecule has 1 fully saturated rings. The van der Waals surface area contributed by atoms with E-state index in [2.05, 4.69) is 13.8 Å². The molecule has 0 bridgehead atoms. The Hall–Kier alpha value is 0.0969. The normalized spacial score (nSPS) is 20.5. The Morgan fingerprint density at radius 1 is 1.08 bits per heavy atom. The molecule has 0 unspecified atom stereocenters. The molecule has 76 valence electrons. The maximum absolute atomic E-state index is 5.90.